The van der Waals surface area contributed by atoms with Crippen LogP contribution in [0.15, 0.2) is 53.1 Å². The van der Waals surface area contributed by atoms with E-state index in [1.807, 2.05) is 49.7 Å². The van der Waals surface area contributed by atoms with Crippen LogP contribution in [0.5, 0.6) is 5.75 Å². The quantitative estimate of drug-likeness (QED) is 0.543. The van der Waals surface area contributed by atoms with Crippen LogP contribution in [0, 0.1) is 13.8 Å². The van der Waals surface area contributed by atoms with Gasteiger partial charge in [0, 0.05) is 12.6 Å². The largest absolute Gasteiger partial charge is 0.489 e. The Morgan fingerprint density at radius 2 is 1.90 bits per heavy atom. The molecule has 2 aromatic carbocycles. The fourth-order valence-electron chi connectivity index (χ4n) is 3.18. The Bertz CT molecular complexity index is 1140. The van der Waals surface area contributed by atoms with E-state index in [-0.39, 0.29) is 5.91 Å². The number of para-hydroxylation sites is 2. The molecule has 4 aromatic rings. The third-order valence-electron chi connectivity index (χ3n) is 4.97. The molecule has 4 rings (SSSR count). The van der Waals surface area contributed by atoms with Crippen molar-refractivity contribution in [1.82, 2.24) is 20.0 Å². The van der Waals surface area contributed by atoms with Gasteiger partial charge in [-0.2, -0.15) is 0 Å². The van der Waals surface area contributed by atoms with Crippen molar-refractivity contribution in [2.75, 3.05) is 0 Å². The molecule has 0 bridgehead atoms. The molecule has 148 valence electrons. The van der Waals surface area contributed by atoms with Gasteiger partial charge in [0.25, 0.3) is 5.91 Å². The molecule has 0 aliphatic carbocycles. The summed E-state index contributed by atoms with van der Waals surface area (Å²) in [4.78, 5) is 17.1. The summed E-state index contributed by atoms with van der Waals surface area (Å²) in [5.74, 6) is 2.07. The minimum atomic E-state index is -0.158. The predicted octanol–water partition coefficient (Wildman–Crippen LogP) is 3.69. The van der Waals surface area contributed by atoms with Gasteiger partial charge in [0.05, 0.1) is 28.8 Å². The van der Waals surface area contributed by atoms with E-state index in [0.29, 0.717) is 24.5 Å². The molecule has 29 heavy (non-hydrogen) atoms. The van der Waals surface area contributed by atoms with Crippen molar-refractivity contribution in [3.8, 4) is 5.75 Å². The van der Waals surface area contributed by atoms with Crippen molar-refractivity contribution in [3.63, 3.8) is 0 Å². The first kappa shape index (κ1) is 18.7. The maximum absolute atomic E-state index is 12.5. The number of aromatic nitrogens is 3. The van der Waals surface area contributed by atoms with Gasteiger partial charge in [0.15, 0.2) is 0 Å². The van der Waals surface area contributed by atoms with Crippen molar-refractivity contribution in [2.24, 2.45) is 7.05 Å². The lowest BCUT2D eigenvalue weighted by Gasteiger charge is -2.08. The number of ether oxygens (including phenoxy) is 1. The molecule has 0 aliphatic rings. The molecular formula is C22H22N4O3. The zero-order valence-electron chi connectivity index (χ0n) is 16.6. The van der Waals surface area contributed by atoms with Crippen LogP contribution in [-0.2, 0) is 20.2 Å². The topological polar surface area (TPSA) is 82.2 Å². The third-order valence-corrected chi connectivity index (χ3v) is 4.97. The smallest absolute Gasteiger partial charge is 0.251 e. The van der Waals surface area contributed by atoms with Crippen molar-refractivity contribution in [1.29, 1.82) is 0 Å². The molecule has 0 saturated carbocycles. The fraction of sp³-hybridized carbons (Fsp3) is 0.227. The second kappa shape index (κ2) is 7.79. The molecular weight excluding hydrogens is 368 g/mol. The Morgan fingerprint density at radius 3 is 2.59 bits per heavy atom. The minimum Gasteiger partial charge on any atom is -0.489 e. The first-order valence-corrected chi connectivity index (χ1v) is 9.36. The molecule has 2 aromatic heterocycles. The molecule has 0 saturated heterocycles. The lowest BCUT2D eigenvalue weighted by atomic mass is 10.2. The van der Waals surface area contributed by atoms with E-state index in [4.69, 9.17) is 9.26 Å². The summed E-state index contributed by atoms with van der Waals surface area (Å²) < 4.78 is 12.9. The van der Waals surface area contributed by atoms with E-state index in [9.17, 15) is 4.79 Å². The van der Waals surface area contributed by atoms with Gasteiger partial charge in [-0.05, 0) is 50.2 Å². The zero-order valence-corrected chi connectivity index (χ0v) is 16.6. The number of amides is 1. The van der Waals surface area contributed by atoms with Crippen molar-refractivity contribution >= 4 is 16.9 Å². The Morgan fingerprint density at radius 1 is 1.14 bits per heavy atom. The molecule has 0 fully saturated rings. The van der Waals surface area contributed by atoms with Crippen LogP contribution < -0.4 is 10.1 Å². The highest BCUT2D eigenvalue weighted by Gasteiger charge is 2.12. The average molecular weight is 390 g/mol. The number of carbonyl (C=O) groups excluding carboxylic acids is 1. The first-order valence-electron chi connectivity index (χ1n) is 9.36. The number of benzene rings is 2. The molecule has 0 aliphatic heterocycles. The van der Waals surface area contributed by atoms with Gasteiger partial charge in [-0.1, -0.05) is 17.3 Å². The number of nitrogens with one attached hydrogen (secondary N) is 1. The minimum absolute atomic E-state index is 0.158. The number of carbonyl (C=O) groups is 1. The van der Waals surface area contributed by atoms with E-state index in [0.717, 1.165) is 33.9 Å². The normalized spacial score (nSPS) is 11.0. The van der Waals surface area contributed by atoms with Crippen LogP contribution in [0.2, 0.25) is 0 Å². The summed E-state index contributed by atoms with van der Waals surface area (Å²) in [6.45, 7) is 4.47. The molecule has 1 amide bonds. The maximum atomic E-state index is 12.5. The van der Waals surface area contributed by atoms with E-state index < -0.39 is 0 Å². The number of hydrogen-bond donors (Lipinski definition) is 1. The van der Waals surface area contributed by atoms with Crippen LogP contribution in [0.4, 0.5) is 0 Å². The Balaban J connectivity index is 1.37. The number of hydrogen-bond acceptors (Lipinski definition) is 5. The highest BCUT2D eigenvalue weighted by Crippen LogP contribution is 2.18. The Labute approximate surface area is 168 Å². The molecule has 2 heterocycles. The monoisotopic (exact) mass is 390 g/mol. The van der Waals surface area contributed by atoms with E-state index in [1.165, 1.54) is 0 Å². The number of fused-ring (bicyclic) bond motifs is 1. The van der Waals surface area contributed by atoms with E-state index in [2.05, 4.69) is 15.5 Å². The number of nitrogens with zero attached hydrogens (tertiary/aromatic N) is 3. The summed E-state index contributed by atoms with van der Waals surface area (Å²) in [6.07, 6.45) is 0. The highest BCUT2D eigenvalue weighted by molar-refractivity contribution is 5.94. The number of aryl methyl sites for hydroxylation is 3. The lowest BCUT2D eigenvalue weighted by molar-refractivity contribution is 0.0949. The first-order chi connectivity index (χ1) is 14.0. The number of rotatable bonds is 6. The maximum Gasteiger partial charge on any atom is 0.251 e. The highest BCUT2D eigenvalue weighted by atomic mass is 16.5. The second-order valence-corrected chi connectivity index (χ2v) is 6.87. The molecule has 7 nitrogen and oxygen atoms in total. The Kier molecular flexibility index (Phi) is 5.03. The molecule has 0 unspecified atom stereocenters. The molecule has 0 radical (unpaired) electrons. The van der Waals surface area contributed by atoms with Gasteiger partial charge in [-0.3, -0.25) is 4.79 Å². The lowest BCUT2D eigenvalue weighted by Crippen LogP contribution is -2.24. The van der Waals surface area contributed by atoms with E-state index in [1.54, 1.807) is 24.3 Å². The van der Waals surface area contributed by atoms with Crippen LogP contribution in [0.3, 0.4) is 0 Å². The third kappa shape index (κ3) is 3.85. The van der Waals surface area contributed by atoms with Gasteiger partial charge in [-0.25, -0.2) is 4.98 Å². The zero-order chi connectivity index (χ0) is 20.4. The fourth-order valence-corrected chi connectivity index (χ4v) is 3.18. The summed E-state index contributed by atoms with van der Waals surface area (Å²) in [6, 6.07) is 14.9. The Hall–Kier alpha value is -3.61. The van der Waals surface area contributed by atoms with E-state index >= 15 is 0 Å². The van der Waals surface area contributed by atoms with Crippen molar-refractivity contribution in [2.45, 2.75) is 27.0 Å². The van der Waals surface area contributed by atoms with Gasteiger partial charge in [0.1, 0.15) is 23.9 Å². The predicted molar refractivity (Wildman–Crippen MR) is 109 cm³/mol. The molecule has 7 heteroatoms. The SMILES string of the molecule is Cc1noc(C)c1COc1ccc(C(=O)NCc2nc3ccccc3n2C)cc1. The van der Waals surface area contributed by atoms with Crippen LogP contribution in [0.1, 0.15) is 33.2 Å². The summed E-state index contributed by atoms with van der Waals surface area (Å²) in [5.41, 5.74) is 4.28. The number of imidazole rings is 1. The van der Waals surface area contributed by atoms with Crippen LogP contribution >= 0.6 is 0 Å². The molecule has 1 N–H and O–H groups in total. The van der Waals surface area contributed by atoms with Gasteiger partial charge < -0.3 is 19.1 Å². The van der Waals surface area contributed by atoms with Crippen LogP contribution in [0.25, 0.3) is 11.0 Å². The standard InChI is InChI=1S/C22H22N4O3/c1-14-18(15(2)29-25-14)13-28-17-10-8-16(9-11-17)22(27)23-12-21-24-19-6-4-5-7-20(19)26(21)3/h4-11H,12-13H2,1-3H3,(H,23,27). The molecule has 0 atom stereocenters. The van der Waals surface area contributed by atoms with Crippen molar-refractivity contribution in [3.05, 3.63) is 76.9 Å². The molecule has 0 spiro atoms. The second-order valence-electron chi connectivity index (χ2n) is 6.87. The summed E-state index contributed by atoms with van der Waals surface area (Å²) >= 11 is 0. The van der Waals surface area contributed by atoms with Gasteiger partial charge in [0.2, 0.25) is 0 Å². The van der Waals surface area contributed by atoms with Gasteiger partial charge >= 0.3 is 0 Å². The average Bonchev–Trinajstić information content (AvgIpc) is 3.24. The summed E-state index contributed by atoms with van der Waals surface area (Å²) in [7, 11) is 1.95. The summed E-state index contributed by atoms with van der Waals surface area (Å²) in [5, 5.41) is 6.84. The van der Waals surface area contributed by atoms with Crippen LogP contribution in [-0.4, -0.2) is 20.6 Å². The van der Waals surface area contributed by atoms with Crippen molar-refractivity contribution < 1.29 is 14.1 Å². The van der Waals surface area contributed by atoms with Gasteiger partial charge in [-0.15, -0.1) is 0 Å².